The lowest BCUT2D eigenvalue weighted by Gasteiger charge is -2.11. The van der Waals surface area contributed by atoms with Gasteiger partial charge in [0.2, 0.25) is 0 Å². The van der Waals surface area contributed by atoms with Gasteiger partial charge in [-0.05, 0) is 50.9 Å². The smallest absolute Gasteiger partial charge is 0.0722 e. The van der Waals surface area contributed by atoms with Gasteiger partial charge in [-0.3, -0.25) is 0 Å². The Hall–Kier alpha value is -1.32. The summed E-state index contributed by atoms with van der Waals surface area (Å²) in [6.07, 6.45) is 6.18. The number of fused-ring (bicyclic) bond motifs is 1. The first kappa shape index (κ1) is 16.1. The minimum atomic E-state index is 0.238. The number of aryl methyl sites for hydroxylation is 1. The van der Waals surface area contributed by atoms with Crippen LogP contribution in [0.4, 0.5) is 0 Å². The second-order valence-corrected chi connectivity index (χ2v) is 5.68. The predicted octanol–water partition coefficient (Wildman–Crippen LogP) is 3.61. The van der Waals surface area contributed by atoms with Crippen LogP contribution >= 0.6 is 0 Å². The highest BCUT2D eigenvalue weighted by atomic mass is 16.5. The number of methoxy groups -OCH3 is 1. The van der Waals surface area contributed by atoms with Crippen molar-refractivity contribution >= 4 is 10.9 Å². The summed E-state index contributed by atoms with van der Waals surface area (Å²) in [5.74, 6) is 0. The SMILES string of the molecule is CCNCCCCc1cn(CC(C)OC)c2ccccc12. The molecular weight excluding hydrogens is 260 g/mol. The maximum atomic E-state index is 5.41. The van der Waals surface area contributed by atoms with Gasteiger partial charge in [0.25, 0.3) is 0 Å². The van der Waals surface area contributed by atoms with Crippen molar-refractivity contribution in [3.63, 3.8) is 0 Å². The van der Waals surface area contributed by atoms with Crippen molar-refractivity contribution in [1.82, 2.24) is 9.88 Å². The summed E-state index contributed by atoms with van der Waals surface area (Å²) < 4.78 is 7.75. The summed E-state index contributed by atoms with van der Waals surface area (Å²) in [6, 6.07) is 8.70. The predicted molar refractivity (Wildman–Crippen MR) is 89.9 cm³/mol. The molecule has 1 aromatic carbocycles. The van der Waals surface area contributed by atoms with Gasteiger partial charge >= 0.3 is 0 Å². The van der Waals surface area contributed by atoms with Crippen LogP contribution in [0.1, 0.15) is 32.3 Å². The number of hydrogen-bond donors (Lipinski definition) is 1. The molecule has 116 valence electrons. The van der Waals surface area contributed by atoms with E-state index in [1.807, 2.05) is 0 Å². The summed E-state index contributed by atoms with van der Waals surface area (Å²) in [6.45, 7) is 7.37. The van der Waals surface area contributed by atoms with Crippen LogP contribution in [0, 0.1) is 0 Å². The number of nitrogens with one attached hydrogen (secondary N) is 1. The van der Waals surface area contributed by atoms with Gasteiger partial charge in [-0.1, -0.05) is 25.1 Å². The molecule has 0 spiro atoms. The lowest BCUT2D eigenvalue weighted by molar-refractivity contribution is 0.104. The summed E-state index contributed by atoms with van der Waals surface area (Å²) in [4.78, 5) is 0. The molecular formula is C18H28N2O. The van der Waals surface area contributed by atoms with E-state index in [1.54, 1.807) is 7.11 Å². The van der Waals surface area contributed by atoms with Crippen LogP contribution in [-0.2, 0) is 17.7 Å². The minimum Gasteiger partial charge on any atom is -0.380 e. The van der Waals surface area contributed by atoms with E-state index >= 15 is 0 Å². The molecule has 1 aromatic heterocycles. The van der Waals surface area contributed by atoms with E-state index in [0.29, 0.717) is 0 Å². The molecule has 0 aliphatic heterocycles. The van der Waals surface area contributed by atoms with Crippen LogP contribution in [-0.4, -0.2) is 30.9 Å². The van der Waals surface area contributed by atoms with Crippen LogP contribution < -0.4 is 5.32 Å². The lowest BCUT2D eigenvalue weighted by atomic mass is 10.1. The van der Waals surface area contributed by atoms with Gasteiger partial charge in [0.05, 0.1) is 6.10 Å². The molecule has 0 amide bonds. The Bertz CT molecular complexity index is 547. The fourth-order valence-corrected chi connectivity index (χ4v) is 2.77. The first-order chi connectivity index (χ1) is 10.3. The van der Waals surface area contributed by atoms with Crippen molar-refractivity contribution in [2.45, 2.75) is 45.8 Å². The van der Waals surface area contributed by atoms with Crippen molar-refractivity contribution in [2.75, 3.05) is 20.2 Å². The van der Waals surface area contributed by atoms with E-state index in [1.165, 1.54) is 29.3 Å². The molecule has 0 fully saturated rings. The molecule has 1 N–H and O–H groups in total. The third-order valence-corrected chi connectivity index (χ3v) is 4.03. The largest absolute Gasteiger partial charge is 0.380 e. The Balaban J connectivity index is 2.08. The molecule has 1 atom stereocenters. The van der Waals surface area contributed by atoms with E-state index < -0.39 is 0 Å². The van der Waals surface area contributed by atoms with Gasteiger partial charge in [-0.25, -0.2) is 0 Å². The Labute approximate surface area is 128 Å². The zero-order valence-electron chi connectivity index (χ0n) is 13.6. The molecule has 2 rings (SSSR count). The second-order valence-electron chi connectivity index (χ2n) is 5.68. The monoisotopic (exact) mass is 288 g/mol. The molecule has 0 radical (unpaired) electrons. The minimum absolute atomic E-state index is 0.238. The molecule has 1 heterocycles. The summed E-state index contributed by atoms with van der Waals surface area (Å²) in [5.41, 5.74) is 2.79. The number of benzene rings is 1. The van der Waals surface area contributed by atoms with E-state index in [9.17, 15) is 0 Å². The first-order valence-electron chi connectivity index (χ1n) is 8.06. The lowest BCUT2D eigenvalue weighted by Crippen LogP contribution is -2.14. The van der Waals surface area contributed by atoms with Crippen molar-refractivity contribution in [3.05, 3.63) is 36.0 Å². The highest BCUT2D eigenvalue weighted by molar-refractivity contribution is 5.84. The van der Waals surface area contributed by atoms with E-state index in [4.69, 9.17) is 4.74 Å². The van der Waals surface area contributed by atoms with Crippen LogP contribution in [0.5, 0.6) is 0 Å². The highest BCUT2D eigenvalue weighted by Crippen LogP contribution is 2.23. The fourth-order valence-electron chi connectivity index (χ4n) is 2.77. The Morgan fingerprint density at radius 3 is 2.81 bits per heavy atom. The van der Waals surface area contributed by atoms with Crippen LogP contribution in [0.2, 0.25) is 0 Å². The zero-order chi connectivity index (χ0) is 15.1. The number of unbranched alkanes of at least 4 members (excludes halogenated alkanes) is 1. The summed E-state index contributed by atoms with van der Waals surface area (Å²) in [5, 5.41) is 4.78. The average Bonchev–Trinajstić information content (AvgIpc) is 2.85. The van der Waals surface area contributed by atoms with Crippen LogP contribution in [0.25, 0.3) is 10.9 Å². The first-order valence-corrected chi connectivity index (χ1v) is 8.06. The third-order valence-electron chi connectivity index (χ3n) is 4.03. The van der Waals surface area contributed by atoms with Crippen LogP contribution in [0.15, 0.2) is 30.5 Å². The van der Waals surface area contributed by atoms with Crippen molar-refractivity contribution in [1.29, 1.82) is 0 Å². The normalized spacial score (nSPS) is 12.9. The molecule has 0 aliphatic carbocycles. The molecule has 0 bridgehead atoms. The second kappa shape index (κ2) is 8.20. The Morgan fingerprint density at radius 2 is 2.05 bits per heavy atom. The Morgan fingerprint density at radius 1 is 1.24 bits per heavy atom. The number of rotatable bonds is 9. The van der Waals surface area contributed by atoms with Gasteiger partial charge in [-0.2, -0.15) is 0 Å². The standard InChI is InChI=1S/C18H28N2O/c1-4-19-12-8-7-9-16-14-20(13-15(2)21-3)18-11-6-5-10-17(16)18/h5-6,10-11,14-15,19H,4,7-9,12-13H2,1-3H3. The Kier molecular flexibility index (Phi) is 6.27. The number of aromatic nitrogens is 1. The highest BCUT2D eigenvalue weighted by Gasteiger charge is 2.10. The molecule has 3 heteroatoms. The van der Waals surface area contributed by atoms with Crippen molar-refractivity contribution in [3.8, 4) is 0 Å². The van der Waals surface area contributed by atoms with Gasteiger partial charge in [-0.15, -0.1) is 0 Å². The van der Waals surface area contributed by atoms with Gasteiger partial charge in [0.1, 0.15) is 0 Å². The quantitative estimate of drug-likeness (QED) is 0.713. The fraction of sp³-hybridized carbons (Fsp3) is 0.556. The van der Waals surface area contributed by atoms with Crippen molar-refractivity contribution < 1.29 is 4.74 Å². The molecule has 0 saturated carbocycles. The average molecular weight is 288 g/mol. The molecule has 0 aliphatic rings. The molecule has 2 aromatic rings. The van der Waals surface area contributed by atoms with Gasteiger partial charge in [0.15, 0.2) is 0 Å². The molecule has 1 unspecified atom stereocenters. The van der Waals surface area contributed by atoms with Crippen molar-refractivity contribution in [2.24, 2.45) is 0 Å². The summed E-state index contributed by atoms with van der Waals surface area (Å²) in [7, 11) is 1.78. The number of hydrogen-bond acceptors (Lipinski definition) is 2. The van der Waals surface area contributed by atoms with E-state index in [0.717, 1.165) is 26.1 Å². The van der Waals surface area contributed by atoms with E-state index in [2.05, 4.69) is 54.2 Å². The van der Waals surface area contributed by atoms with Crippen LogP contribution in [0.3, 0.4) is 0 Å². The molecule has 3 nitrogen and oxygen atoms in total. The summed E-state index contributed by atoms with van der Waals surface area (Å²) >= 11 is 0. The molecule has 0 saturated heterocycles. The van der Waals surface area contributed by atoms with E-state index in [-0.39, 0.29) is 6.10 Å². The zero-order valence-corrected chi connectivity index (χ0v) is 13.6. The maximum absolute atomic E-state index is 5.41. The number of ether oxygens (including phenoxy) is 1. The number of nitrogens with zero attached hydrogens (tertiary/aromatic N) is 1. The molecule has 21 heavy (non-hydrogen) atoms. The third kappa shape index (κ3) is 4.32. The number of para-hydroxylation sites is 1. The van der Waals surface area contributed by atoms with Gasteiger partial charge < -0.3 is 14.6 Å². The topological polar surface area (TPSA) is 26.2 Å². The maximum Gasteiger partial charge on any atom is 0.0722 e. The van der Waals surface area contributed by atoms with Gasteiger partial charge in [0, 0.05) is 30.8 Å².